The Labute approximate surface area is 101 Å². The first kappa shape index (κ1) is 10.6. The van der Waals surface area contributed by atoms with Gasteiger partial charge in [-0.2, -0.15) is 5.10 Å². The van der Waals surface area contributed by atoms with Gasteiger partial charge >= 0.3 is 0 Å². The van der Waals surface area contributed by atoms with E-state index in [4.69, 9.17) is 0 Å². The standard InChI is InChI=1S/C13H18N4/c1-3-13(5-4-6-13)15-12-11-9-10(2)16-17(11)8-7-14-12/h7-9H,3-6H2,1-2H3,(H,14,15). The third-order valence-corrected chi connectivity index (χ3v) is 3.88. The normalized spacial score (nSPS) is 18.0. The van der Waals surface area contributed by atoms with E-state index in [9.17, 15) is 0 Å². The van der Waals surface area contributed by atoms with E-state index in [0.717, 1.165) is 23.4 Å². The Bertz CT molecular complexity index is 534. The van der Waals surface area contributed by atoms with E-state index in [1.807, 2.05) is 23.8 Å². The molecule has 0 atom stereocenters. The minimum Gasteiger partial charge on any atom is -0.363 e. The predicted octanol–water partition coefficient (Wildman–Crippen LogP) is 2.78. The van der Waals surface area contributed by atoms with E-state index < -0.39 is 0 Å². The second-order valence-electron chi connectivity index (χ2n) is 5.00. The number of hydrogen-bond donors (Lipinski definition) is 1. The highest BCUT2D eigenvalue weighted by molar-refractivity contribution is 5.68. The van der Waals surface area contributed by atoms with Crippen molar-refractivity contribution in [3.05, 3.63) is 24.2 Å². The Morgan fingerprint density at radius 2 is 2.29 bits per heavy atom. The summed E-state index contributed by atoms with van der Waals surface area (Å²) < 4.78 is 1.90. The lowest BCUT2D eigenvalue weighted by molar-refractivity contribution is 0.269. The van der Waals surface area contributed by atoms with Crippen LogP contribution in [0.4, 0.5) is 5.82 Å². The molecule has 0 amide bonds. The number of rotatable bonds is 3. The van der Waals surface area contributed by atoms with Crippen molar-refractivity contribution in [2.24, 2.45) is 0 Å². The van der Waals surface area contributed by atoms with Gasteiger partial charge in [0.1, 0.15) is 5.52 Å². The number of nitrogens with one attached hydrogen (secondary N) is 1. The molecule has 0 bridgehead atoms. The minimum atomic E-state index is 0.271. The lowest BCUT2D eigenvalue weighted by Gasteiger charge is -2.42. The second kappa shape index (κ2) is 3.72. The number of hydrogen-bond acceptors (Lipinski definition) is 3. The zero-order valence-corrected chi connectivity index (χ0v) is 10.4. The van der Waals surface area contributed by atoms with Gasteiger partial charge in [0.25, 0.3) is 0 Å². The lowest BCUT2D eigenvalue weighted by atomic mass is 9.75. The average molecular weight is 230 g/mol. The van der Waals surface area contributed by atoms with Gasteiger partial charge in [0.2, 0.25) is 0 Å². The molecule has 0 aromatic carbocycles. The maximum absolute atomic E-state index is 4.46. The predicted molar refractivity (Wildman–Crippen MR) is 68.2 cm³/mol. The number of aromatic nitrogens is 3. The van der Waals surface area contributed by atoms with Crippen LogP contribution >= 0.6 is 0 Å². The molecule has 1 aliphatic carbocycles. The number of fused-ring (bicyclic) bond motifs is 1. The van der Waals surface area contributed by atoms with Crippen molar-refractivity contribution >= 4 is 11.3 Å². The molecular weight excluding hydrogens is 212 g/mol. The topological polar surface area (TPSA) is 42.2 Å². The Morgan fingerprint density at radius 3 is 2.94 bits per heavy atom. The van der Waals surface area contributed by atoms with Crippen LogP contribution in [0.3, 0.4) is 0 Å². The molecule has 4 nitrogen and oxygen atoms in total. The molecule has 90 valence electrons. The molecule has 1 N–H and O–H groups in total. The van der Waals surface area contributed by atoms with E-state index >= 15 is 0 Å². The average Bonchev–Trinajstić information content (AvgIpc) is 2.64. The van der Waals surface area contributed by atoms with Crippen molar-refractivity contribution in [2.45, 2.75) is 45.1 Å². The lowest BCUT2D eigenvalue weighted by Crippen LogP contribution is -2.44. The Hall–Kier alpha value is -1.58. The summed E-state index contributed by atoms with van der Waals surface area (Å²) >= 11 is 0. The zero-order valence-electron chi connectivity index (χ0n) is 10.4. The molecule has 0 saturated heterocycles. The number of anilines is 1. The Morgan fingerprint density at radius 1 is 1.47 bits per heavy atom. The van der Waals surface area contributed by atoms with Crippen LogP contribution in [0.25, 0.3) is 5.52 Å². The summed E-state index contributed by atoms with van der Waals surface area (Å²) in [6.07, 6.45) is 8.68. The van der Waals surface area contributed by atoms with Gasteiger partial charge in [0.15, 0.2) is 5.82 Å². The molecule has 0 radical (unpaired) electrons. The summed E-state index contributed by atoms with van der Waals surface area (Å²) in [6.45, 7) is 4.25. The molecule has 0 spiro atoms. The summed E-state index contributed by atoms with van der Waals surface area (Å²) in [7, 11) is 0. The summed E-state index contributed by atoms with van der Waals surface area (Å²) in [5.74, 6) is 0.967. The number of aryl methyl sites for hydroxylation is 1. The van der Waals surface area contributed by atoms with E-state index in [1.54, 1.807) is 0 Å². The fourth-order valence-corrected chi connectivity index (χ4v) is 2.56. The van der Waals surface area contributed by atoms with Gasteiger partial charge in [-0.15, -0.1) is 0 Å². The fourth-order valence-electron chi connectivity index (χ4n) is 2.56. The fraction of sp³-hybridized carbons (Fsp3) is 0.538. The van der Waals surface area contributed by atoms with Gasteiger partial charge in [-0.05, 0) is 38.7 Å². The van der Waals surface area contributed by atoms with Gasteiger partial charge in [-0.3, -0.25) is 0 Å². The first-order valence-electron chi connectivity index (χ1n) is 6.32. The largest absolute Gasteiger partial charge is 0.363 e. The smallest absolute Gasteiger partial charge is 0.152 e. The SMILES string of the molecule is CCC1(Nc2nccn3nc(C)cc23)CCC1. The van der Waals surface area contributed by atoms with E-state index in [2.05, 4.69) is 28.4 Å². The van der Waals surface area contributed by atoms with E-state index in [0.29, 0.717) is 0 Å². The molecule has 2 aromatic heterocycles. The van der Waals surface area contributed by atoms with Crippen molar-refractivity contribution in [3.63, 3.8) is 0 Å². The Kier molecular flexibility index (Phi) is 2.31. The van der Waals surface area contributed by atoms with Crippen LogP contribution < -0.4 is 5.32 Å². The summed E-state index contributed by atoms with van der Waals surface area (Å²) in [6, 6.07) is 2.08. The van der Waals surface area contributed by atoms with Crippen molar-refractivity contribution in [1.29, 1.82) is 0 Å². The molecule has 1 fully saturated rings. The first-order chi connectivity index (χ1) is 8.22. The molecule has 2 heterocycles. The van der Waals surface area contributed by atoms with Gasteiger partial charge in [-0.1, -0.05) is 6.92 Å². The van der Waals surface area contributed by atoms with Crippen molar-refractivity contribution in [1.82, 2.24) is 14.6 Å². The van der Waals surface area contributed by atoms with Crippen LogP contribution in [0.1, 0.15) is 38.3 Å². The van der Waals surface area contributed by atoms with E-state index in [1.165, 1.54) is 19.3 Å². The second-order valence-corrected chi connectivity index (χ2v) is 5.00. The molecule has 1 aliphatic rings. The summed E-state index contributed by atoms with van der Waals surface area (Å²) in [4.78, 5) is 4.46. The van der Waals surface area contributed by atoms with Gasteiger partial charge in [0, 0.05) is 17.9 Å². The Balaban J connectivity index is 1.99. The third-order valence-electron chi connectivity index (χ3n) is 3.88. The van der Waals surface area contributed by atoms with Crippen LogP contribution in [0.15, 0.2) is 18.5 Å². The van der Waals surface area contributed by atoms with Crippen molar-refractivity contribution < 1.29 is 0 Å². The van der Waals surface area contributed by atoms with Crippen molar-refractivity contribution in [2.75, 3.05) is 5.32 Å². The highest BCUT2D eigenvalue weighted by Gasteiger charge is 2.35. The summed E-state index contributed by atoms with van der Waals surface area (Å²) in [5.41, 5.74) is 2.37. The summed E-state index contributed by atoms with van der Waals surface area (Å²) in [5, 5.41) is 8.04. The quantitative estimate of drug-likeness (QED) is 0.881. The van der Waals surface area contributed by atoms with Crippen LogP contribution in [0.5, 0.6) is 0 Å². The van der Waals surface area contributed by atoms with Gasteiger partial charge in [0.05, 0.1) is 5.69 Å². The van der Waals surface area contributed by atoms with Crippen molar-refractivity contribution in [3.8, 4) is 0 Å². The molecule has 0 unspecified atom stereocenters. The van der Waals surface area contributed by atoms with Crippen LogP contribution in [-0.4, -0.2) is 20.1 Å². The number of nitrogens with zero attached hydrogens (tertiary/aromatic N) is 3. The molecule has 0 aliphatic heterocycles. The van der Waals surface area contributed by atoms with Gasteiger partial charge in [-0.25, -0.2) is 9.50 Å². The molecule has 3 rings (SSSR count). The monoisotopic (exact) mass is 230 g/mol. The van der Waals surface area contributed by atoms with Crippen LogP contribution in [-0.2, 0) is 0 Å². The zero-order chi connectivity index (χ0) is 11.9. The molecule has 1 saturated carbocycles. The minimum absolute atomic E-state index is 0.271. The molecule has 4 heteroatoms. The molecular formula is C13H18N4. The maximum atomic E-state index is 4.46. The van der Waals surface area contributed by atoms with Crippen LogP contribution in [0, 0.1) is 6.92 Å². The highest BCUT2D eigenvalue weighted by atomic mass is 15.2. The van der Waals surface area contributed by atoms with E-state index in [-0.39, 0.29) is 5.54 Å². The first-order valence-corrected chi connectivity index (χ1v) is 6.32. The third kappa shape index (κ3) is 1.68. The van der Waals surface area contributed by atoms with Gasteiger partial charge < -0.3 is 5.32 Å². The van der Waals surface area contributed by atoms with Crippen LogP contribution in [0.2, 0.25) is 0 Å². The highest BCUT2D eigenvalue weighted by Crippen LogP contribution is 2.38. The molecule has 17 heavy (non-hydrogen) atoms. The molecule has 2 aromatic rings. The maximum Gasteiger partial charge on any atom is 0.152 e.